The summed E-state index contributed by atoms with van der Waals surface area (Å²) in [4.78, 5) is 8.35. The first-order chi connectivity index (χ1) is 9.24. The Morgan fingerprint density at radius 2 is 1.84 bits per heavy atom. The first kappa shape index (κ1) is 11.4. The molecule has 0 radical (unpaired) electrons. The van der Waals surface area contributed by atoms with Crippen molar-refractivity contribution in [2.45, 2.75) is 6.92 Å². The quantitative estimate of drug-likeness (QED) is 0.758. The SMILES string of the molecule is Cc1cc(-c2ccnn2-c2ccccc2)nc(N)n1. The average molecular weight is 251 g/mol. The van der Waals surface area contributed by atoms with Crippen LogP contribution in [-0.2, 0) is 0 Å². The van der Waals surface area contributed by atoms with Crippen molar-refractivity contribution in [1.29, 1.82) is 0 Å². The second kappa shape index (κ2) is 4.53. The van der Waals surface area contributed by atoms with Crippen LogP contribution in [0.25, 0.3) is 17.1 Å². The van der Waals surface area contributed by atoms with Crippen molar-refractivity contribution < 1.29 is 0 Å². The summed E-state index contributed by atoms with van der Waals surface area (Å²) in [5.41, 5.74) is 9.18. The molecule has 94 valence electrons. The molecule has 1 aromatic carbocycles. The van der Waals surface area contributed by atoms with Crippen LogP contribution in [0.3, 0.4) is 0 Å². The number of benzene rings is 1. The molecule has 2 heterocycles. The molecule has 0 saturated carbocycles. The Morgan fingerprint density at radius 3 is 2.58 bits per heavy atom. The summed E-state index contributed by atoms with van der Waals surface area (Å²) in [6.45, 7) is 1.89. The molecule has 0 spiro atoms. The van der Waals surface area contributed by atoms with Gasteiger partial charge in [-0.3, -0.25) is 0 Å². The third-order valence-corrected chi connectivity index (χ3v) is 2.78. The molecule has 5 heteroatoms. The Morgan fingerprint density at radius 1 is 1.05 bits per heavy atom. The molecule has 0 aliphatic heterocycles. The topological polar surface area (TPSA) is 69.6 Å². The van der Waals surface area contributed by atoms with E-state index in [1.807, 2.05) is 54.1 Å². The predicted octanol–water partition coefficient (Wildman–Crippen LogP) is 2.22. The van der Waals surface area contributed by atoms with E-state index in [0.717, 1.165) is 22.8 Å². The van der Waals surface area contributed by atoms with Crippen molar-refractivity contribution in [3.8, 4) is 17.1 Å². The van der Waals surface area contributed by atoms with Gasteiger partial charge in [-0.1, -0.05) is 18.2 Å². The fourth-order valence-corrected chi connectivity index (χ4v) is 1.99. The molecule has 0 atom stereocenters. The number of hydrogen-bond acceptors (Lipinski definition) is 4. The van der Waals surface area contributed by atoms with Crippen LogP contribution in [0.4, 0.5) is 5.95 Å². The van der Waals surface area contributed by atoms with Crippen molar-refractivity contribution >= 4 is 5.95 Å². The zero-order valence-electron chi connectivity index (χ0n) is 10.5. The summed E-state index contributed by atoms with van der Waals surface area (Å²) in [6, 6.07) is 13.7. The van der Waals surface area contributed by atoms with Gasteiger partial charge in [0.2, 0.25) is 5.95 Å². The standard InChI is InChI=1S/C14H13N5/c1-10-9-12(18-14(15)17-10)13-7-8-16-19(13)11-5-3-2-4-6-11/h2-9H,1H3,(H2,15,17,18). The van der Waals surface area contributed by atoms with Crippen LogP contribution >= 0.6 is 0 Å². The van der Waals surface area contributed by atoms with Gasteiger partial charge >= 0.3 is 0 Å². The van der Waals surface area contributed by atoms with E-state index in [1.54, 1.807) is 6.20 Å². The van der Waals surface area contributed by atoms with Gasteiger partial charge in [-0.15, -0.1) is 0 Å². The van der Waals surface area contributed by atoms with Gasteiger partial charge in [0, 0.05) is 5.69 Å². The highest BCUT2D eigenvalue weighted by Crippen LogP contribution is 2.21. The monoisotopic (exact) mass is 251 g/mol. The number of hydrogen-bond donors (Lipinski definition) is 1. The first-order valence-corrected chi connectivity index (χ1v) is 5.95. The van der Waals surface area contributed by atoms with Crippen molar-refractivity contribution in [3.05, 3.63) is 54.4 Å². The maximum atomic E-state index is 5.70. The van der Waals surface area contributed by atoms with Gasteiger partial charge < -0.3 is 5.73 Å². The molecule has 0 unspecified atom stereocenters. The van der Waals surface area contributed by atoms with Gasteiger partial charge in [0.15, 0.2) is 0 Å². The summed E-state index contributed by atoms with van der Waals surface area (Å²) in [6.07, 6.45) is 1.75. The van der Waals surface area contributed by atoms with E-state index in [4.69, 9.17) is 5.73 Å². The normalized spacial score (nSPS) is 10.6. The molecule has 0 saturated heterocycles. The van der Waals surface area contributed by atoms with Crippen molar-refractivity contribution in [2.24, 2.45) is 0 Å². The molecule has 2 N–H and O–H groups in total. The molecular formula is C14H13N5. The lowest BCUT2D eigenvalue weighted by molar-refractivity contribution is 0.883. The molecular weight excluding hydrogens is 238 g/mol. The number of aryl methyl sites for hydroxylation is 1. The molecule has 0 amide bonds. The number of aromatic nitrogens is 4. The van der Waals surface area contributed by atoms with Gasteiger partial charge in [0.05, 0.1) is 23.3 Å². The third kappa shape index (κ3) is 2.18. The zero-order chi connectivity index (χ0) is 13.2. The summed E-state index contributed by atoms with van der Waals surface area (Å²) in [7, 11) is 0. The average Bonchev–Trinajstić information content (AvgIpc) is 2.88. The summed E-state index contributed by atoms with van der Waals surface area (Å²) in [5.74, 6) is 0.274. The van der Waals surface area contributed by atoms with Crippen LogP contribution in [0.1, 0.15) is 5.69 Å². The Bertz CT molecular complexity index is 683. The maximum Gasteiger partial charge on any atom is 0.220 e. The Hall–Kier alpha value is -2.69. The molecule has 0 bridgehead atoms. The molecule has 0 fully saturated rings. The van der Waals surface area contributed by atoms with E-state index in [1.165, 1.54) is 0 Å². The van der Waals surface area contributed by atoms with E-state index in [9.17, 15) is 0 Å². The second-order valence-corrected chi connectivity index (χ2v) is 4.22. The highest BCUT2D eigenvalue weighted by atomic mass is 15.3. The van der Waals surface area contributed by atoms with Gasteiger partial charge in [0.25, 0.3) is 0 Å². The second-order valence-electron chi connectivity index (χ2n) is 4.22. The van der Waals surface area contributed by atoms with Crippen LogP contribution < -0.4 is 5.73 Å². The fourth-order valence-electron chi connectivity index (χ4n) is 1.99. The van der Waals surface area contributed by atoms with E-state index >= 15 is 0 Å². The third-order valence-electron chi connectivity index (χ3n) is 2.78. The smallest absolute Gasteiger partial charge is 0.220 e. The minimum atomic E-state index is 0.274. The lowest BCUT2D eigenvalue weighted by Crippen LogP contribution is -2.03. The number of nitrogens with zero attached hydrogens (tertiary/aromatic N) is 4. The highest BCUT2D eigenvalue weighted by Gasteiger charge is 2.10. The molecule has 19 heavy (non-hydrogen) atoms. The van der Waals surface area contributed by atoms with Crippen LogP contribution in [0.5, 0.6) is 0 Å². The summed E-state index contributed by atoms with van der Waals surface area (Å²) >= 11 is 0. The van der Waals surface area contributed by atoms with Crippen LogP contribution in [-0.4, -0.2) is 19.7 Å². The number of rotatable bonds is 2. The van der Waals surface area contributed by atoms with Crippen molar-refractivity contribution in [3.63, 3.8) is 0 Å². The molecule has 2 aromatic heterocycles. The summed E-state index contributed by atoms with van der Waals surface area (Å²) < 4.78 is 1.83. The first-order valence-electron chi connectivity index (χ1n) is 5.95. The Labute approximate surface area is 110 Å². The van der Waals surface area contributed by atoms with Gasteiger partial charge in [0.1, 0.15) is 0 Å². The number of anilines is 1. The number of para-hydroxylation sites is 1. The van der Waals surface area contributed by atoms with E-state index in [2.05, 4.69) is 15.1 Å². The Balaban J connectivity index is 2.15. The van der Waals surface area contributed by atoms with Crippen molar-refractivity contribution in [2.75, 3.05) is 5.73 Å². The lowest BCUT2D eigenvalue weighted by atomic mass is 10.2. The van der Waals surface area contributed by atoms with E-state index in [-0.39, 0.29) is 5.95 Å². The largest absolute Gasteiger partial charge is 0.368 e. The lowest BCUT2D eigenvalue weighted by Gasteiger charge is -2.07. The minimum Gasteiger partial charge on any atom is -0.368 e. The van der Waals surface area contributed by atoms with Gasteiger partial charge in [-0.2, -0.15) is 5.10 Å². The molecule has 0 aliphatic rings. The van der Waals surface area contributed by atoms with Crippen LogP contribution in [0.15, 0.2) is 48.7 Å². The summed E-state index contributed by atoms with van der Waals surface area (Å²) in [5, 5.41) is 4.34. The fraction of sp³-hybridized carbons (Fsp3) is 0.0714. The van der Waals surface area contributed by atoms with E-state index < -0.39 is 0 Å². The zero-order valence-corrected chi connectivity index (χ0v) is 10.5. The predicted molar refractivity (Wildman–Crippen MR) is 73.7 cm³/mol. The van der Waals surface area contributed by atoms with E-state index in [0.29, 0.717) is 0 Å². The number of nitrogens with two attached hydrogens (primary N) is 1. The maximum absolute atomic E-state index is 5.70. The number of nitrogen functional groups attached to an aromatic ring is 1. The molecule has 5 nitrogen and oxygen atoms in total. The highest BCUT2D eigenvalue weighted by molar-refractivity contribution is 5.59. The van der Waals surface area contributed by atoms with Crippen LogP contribution in [0.2, 0.25) is 0 Å². The minimum absolute atomic E-state index is 0.274. The molecule has 3 aromatic rings. The molecule has 0 aliphatic carbocycles. The van der Waals surface area contributed by atoms with Crippen LogP contribution in [0, 0.1) is 6.92 Å². The van der Waals surface area contributed by atoms with Gasteiger partial charge in [-0.25, -0.2) is 14.6 Å². The van der Waals surface area contributed by atoms with Gasteiger partial charge in [-0.05, 0) is 31.2 Å². The van der Waals surface area contributed by atoms with Crippen molar-refractivity contribution in [1.82, 2.24) is 19.7 Å². The molecule has 3 rings (SSSR count). The Kier molecular flexibility index (Phi) is 2.72.